The number of hydrogen-bond donors (Lipinski definition) is 2. The van der Waals surface area contributed by atoms with Crippen molar-refractivity contribution < 1.29 is 26.7 Å². The largest absolute Gasteiger partial charge is 0.461 e. The van der Waals surface area contributed by atoms with Gasteiger partial charge >= 0.3 is 12.2 Å². The molecule has 8 nitrogen and oxygen atoms in total. The average molecular weight is 590 g/mol. The first-order chi connectivity index (χ1) is 20.0. The Morgan fingerprint density at radius 2 is 1.88 bits per heavy atom. The third-order valence-corrected chi connectivity index (χ3v) is 9.29. The summed E-state index contributed by atoms with van der Waals surface area (Å²) in [6, 6.07) is 4.36. The molecule has 0 aliphatic carbocycles. The van der Waals surface area contributed by atoms with Gasteiger partial charge in [-0.25, -0.2) is 13.8 Å². The molecular weight excluding hydrogens is 557 g/mol. The van der Waals surface area contributed by atoms with Crippen molar-refractivity contribution in [2.24, 2.45) is 0 Å². The van der Waals surface area contributed by atoms with Crippen LogP contribution in [0.4, 0.5) is 33.6 Å². The van der Waals surface area contributed by atoms with E-state index in [4.69, 9.17) is 15.5 Å². The number of aryl methyl sites for hydroxylation is 1. The number of rotatable bonds is 5. The molecular formula is C29H32F5N7O. The Morgan fingerprint density at radius 3 is 2.62 bits per heavy atom. The lowest BCUT2D eigenvalue weighted by Crippen LogP contribution is -2.51. The molecule has 4 aliphatic heterocycles. The van der Waals surface area contributed by atoms with Crippen LogP contribution in [-0.4, -0.2) is 76.4 Å². The average Bonchev–Trinajstić information content (AvgIpc) is 3.56. The first-order valence-corrected chi connectivity index (χ1v) is 14.4. The Hall–Kier alpha value is -3.32. The molecule has 4 fully saturated rings. The fraction of sp³-hybridized carbons (Fsp3) is 0.552. The summed E-state index contributed by atoms with van der Waals surface area (Å²) >= 11 is 0. The zero-order chi connectivity index (χ0) is 29.4. The number of nitrogens with one attached hydrogen (secondary N) is 1. The number of aromatic nitrogens is 3. The Kier molecular flexibility index (Phi) is 6.46. The van der Waals surface area contributed by atoms with Crippen molar-refractivity contribution in [2.75, 3.05) is 43.4 Å². The molecule has 224 valence electrons. The van der Waals surface area contributed by atoms with Crippen LogP contribution in [-0.2, 0) is 6.18 Å². The Morgan fingerprint density at radius 1 is 1.12 bits per heavy atom. The van der Waals surface area contributed by atoms with Gasteiger partial charge in [-0.15, -0.1) is 0 Å². The van der Waals surface area contributed by atoms with Crippen LogP contribution in [0.15, 0.2) is 18.2 Å². The molecule has 4 saturated heterocycles. The number of ether oxygens (including phenoxy) is 1. The summed E-state index contributed by atoms with van der Waals surface area (Å²) in [5.74, 6) is -0.656. The minimum Gasteiger partial charge on any atom is -0.461 e. The highest BCUT2D eigenvalue weighted by Crippen LogP contribution is 2.43. The van der Waals surface area contributed by atoms with Gasteiger partial charge in [-0.1, -0.05) is 0 Å². The van der Waals surface area contributed by atoms with E-state index < -0.39 is 35.0 Å². The van der Waals surface area contributed by atoms with E-state index in [2.05, 4.69) is 25.1 Å². The molecule has 7 rings (SSSR count). The first-order valence-electron chi connectivity index (χ1n) is 14.4. The van der Waals surface area contributed by atoms with Gasteiger partial charge in [-0.05, 0) is 62.9 Å². The number of alkyl halides is 4. The van der Waals surface area contributed by atoms with Crippen molar-refractivity contribution >= 4 is 22.5 Å². The second-order valence-electron chi connectivity index (χ2n) is 12.1. The van der Waals surface area contributed by atoms with E-state index in [9.17, 15) is 17.6 Å². The Bertz CT molecular complexity index is 1540. The number of nitrogens with two attached hydrogens (primary N) is 1. The van der Waals surface area contributed by atoms with E-state index in [1.165, 1.54) is 13.0 Å². The van der Waals surface area contributed by atoms with Gasteiger partial charge in [0, 0.05) is 49.1 Å². The lowest BCUT2D eigenvalue weighted by Gasteiger charge is -2.34. The maximum Gasteiger partial charge on any atom is 0.418 e. The Balaban J connectivity index is 1.35. The number of fused-ring (bicyclic) bond motifs is 4. The van der Waals surface area contributed by atoms with E-state index in [-0.39, 0.29) is 47.2 Å². The molecule has 2 unspecified atom stereocenters. The zero-order valence-corrected chi connectivity index (χ0v) is 23.1. The van der Waals surface area contributed by atoms with Crippen molar-refractivity contribution in [3.8, 4) is 17.3 Å². The lowest BCUT2D eigenvalue weighted by molar-refractivity contribution is -0.137. The van der Waals surface area contributed by atoms with E-state index in [1.807, 2.05) is 0 Å². The van der Waals surface area contributed by atoms with E-state index in [0.717, 1.165) is 38.3 Å². The van der Waals surface area contributed by atoms with Gasteiger partial charge in [0.15, 0.2) is 5.82 Å². The fourth-order valence-corrected chi connectivity index (χ4v) is 7.48. The van der Waals surface area contributed by atoms with Crippen molar-refractivity contribution in [3.05, 3.63) is 35.1 Å². The second kappa shape index (κ2) is 9.87. The molecule has 2 bridgehead atoms. The predicted octanol–water partition coefficient (Wildman–Crippen LogP) is 4.64. The van der Waals surface area contributed by atoms with Gasteiger partial charge in [0.05, 0.1) is 16.8 Å². The maximum absolute atomic E-state index is 16.4. The number of benzene rings is 1. The van der Waals surface area contributed by atoms with Gasteiger partial charge in [-0.3, -0.25) is 4.90 Å². The highest BCUT2D eigenvalue weighted by Gasteiger charge is 2.49. The lowest BCUT2D eigenvalue weighted by atomic mass is 9.95. The van der Waals surface area contributed by atoms with E-state index in [0.29, 0.717) is 37.3 Å². The molecule has 6 heterocycles. The van der Waals surface area contributed by atoms with E-state index in [1.54, 1.807) is 6.07 Å². The zero-order valence-electron chi connectivity index (χ0n) is 23.1. The standard InChI is InChI=1S/C29H32F5N7O/c1-15-9-21(35)37-24(22(15)29(32,33)34)19-5-6-20-25(23(19)31)38-27(39-26(20)40-12-17-3-4-18(13-40)36-17)42-14-28-7-2-8-41(28)11-16(30)10-28/h5-6,9,16-18,36H,2-4,7-8,10-14H2,1H3,(H2,35,37)/t16-,17?,18?,28+/m1/s1. The highest BCUT2D eigenvalue weighted by molar-refractivity contribution is 5.93. The van der Waals surface area contributed by atoms with Crippen LogP contribution in [0.5, 0.6) is 6.01 Å². The molecule has 2 aromatic heterocycles. The maximum atomic E-state index is 16.4. The topological polar surface area (TPSA) is 92.4 Å². The summed E-state index contributed by atoms with van der Waals surface area (Å²) in [5, 5.41) is 3.92. The smallest absolute Gasteiger partial charge is 0.418 e. The van der Waals surface area contributed by atoms with Crippen LogP contribution in [0.25, 0.3) is 22.2 Å². The van der Waals surface area contributed by atoms with Crippen molar-refractivity contribution in [2.45, 2.75) is 69.0 Å². The SMILES string of the molecule is Cc1cc(N)nc(-c2ccc3c(N4CC5CCC(C4)N5)nc(OC[C@@]45CCCN4C[C@H](F)C5)nc3c2F)c1C(F)(F)F. The fourth-order valence-electron chi connectivity index (χ4n) is 7.48. The molecule has 3 aromatic rings. The molecule has 0 saturated carbocycles. The molecule has 0 spiro atoms. The van der Waals surface area contributed by atoms with Crippen LogP contribution in [0.2, 0.25) is 0 Å². The summed E-state index contributed by atoms with van der Waals surface area (Å²) in [4.78, 5) is 17.2. The summed E-state index contributed by atoms with van der Waals surface area (Å²) in [6.45, 7) is 3.82. The number of nitrogens with zero attached hydrogens (tertiary/aromatic N) is 5. The van der Waals surface area contributed by atoms with E-state index >= 15 is 4.39 Å². The third-order valence-electron chi connectivity index (χ3n) is 9.29. The minimum absolute atomic E-state index is 0.0873. The molecule has 3 N–H and O–H groups in total. The van der Waals surface area contributed by atoms with Crippen molar-refractivity contribution in [3.63, 3.8) is 0 Å². The van der Waals surface area contributed by atoms with Crippen LogP contribution in [0, 0.1) is 12.7 Å². The Labute approximate surface area is 239 Å². The van der Waals surface area contributed by atoms with Crippen molar-refractivity contribution in [1.29, 1.82) is 0 Å². The van der Waals surface area contributed by atoms with Crippen LogP contribution >= 0.6 is 0 Å². The van der Waals surface area contributed by atoms with Gasteiger partial charge in [0.2, 0.25) is 0 Å². The first kappa shape index (κ1) is 27.5. The number of anilines is 2. The monoisotopic (exact) mass is 589 g/mol. The number of piperazine rings is 1. The summed E-state index contributed by atoms with van der Waals surface area (Å²) in [6.07, 6.45) is -1.67. The number of pyridine rings is 1. The van der Waals surface area contributed by atoms with Crippen LogP contribution in [0.3, 0.4) is 0 Å². The molecule has 13 heteroatoms. The molecule has 42 heavy (non-hydrogen) atoms. The van der Waals surface area contributed by atoms with Crippen LogP contribution in [0.1, 0.15) is 43.2 Å². The van der Waals surface area contributed by atoms with Gasteiger partial charge in [0.1, 0.15) is 29.9 Å². The minimum atomic E-state index is -4.78. The molecule has 4 atom stereocenters. The number of nitrogen functional groups attached to an aromatic ring is 1. The third kappa shape index (κ3) is 4.61. The van der Waals surface area contributed by atoms with Gasteiger partial charge in [0.25, 0.3) is 0 Å². The summed E-state index contributed by atoms with van der Waals surface area (Å²) in [7, 11) is 0. The van der Waals surface area contributed by atoms with Crippen LogP contribution < -0.4 is 20.7 Å². The molecule has 0 radical (unpaired) electrons. The normalized spacial score (nSPS) is 27.7. The highest BCUT2D eigenvalue weighted by atomic mass is 19.4. The summed E-state index contributed by atoms with van der Waals surface area (Å²) in [5.41, 5.74) is 3.00. The van der Waals surface area contributed by atoms with Crippen molar-refractivity contribution in [1.82, 2.24) is 25.2 Å². The molecule has 1 aromatic carbocycles. The number of halogens is 5. The van der Waals surface area contributed by atoms with Gasteiger partial charge in [-0.2, -0.15) is 23.1 Å². The summed E-state index contributed by atoms with van der Waals surface area (Å²) < 4.78 is 79.2. The molecule has 0 amide bonds. The van der Waals surface area contributed by atoms with Gasteiger partial charge < -0.3 is 20.7 Å². The number of hydrogen-bond acceptors (Lipinski definition) is 8. The molecule has 4 aliphatic rings. The predicted molar refractivity (Wildman–Crippen MR) is 148 cm³/mol. The second-order valence-corrected chi connectivity index (χ2v) is 12.1. The quantitative estimate of drug-likeness (QED) is 0.416.